The van der Waals surface area contributed by atoms with Gasteiger partial charge in [0.15, 0.2) is 0 Å². The molecule has 2 nitrogen and oxygen atoms in total. The standard InChI is InChI=1S/C18H34N2S/c1-4-6-8-10-12-18(3,13-11-9-7-5-2)20-14-15-21-17(19)16-20/h14-16H,4-13,19H2,1-3H3. The van der Waals surface area contributed by atoms with Crippen LogP contribution in [0.5, 0.6) is 0 Å². The van der Waals surface area contributed by atoms with Gasteiger partial charge in [0, 0.05) is 17.9 Å². The summed E-state index contributed by atoms with van der Waals surface area (Å²) in [4.78, 5) is 2.37. The van der Waals surface area contributed by atoms with Crippen molar-refractivity contribution in [3.05, 3.63) is 22.8 Å². The predicted molar refractivity (Wildman–Crippen MR) is 96.8 cm³/mol. The van der Waals surface area contributed by atoms with Gasteiger partial charge in [0.1, 0.15) is 0 Å². The summed E-state index contributed by atoms with van der Waals surface area (Å²) in [7, 11) is 0. The van der Waals surface area contributed by atoms with Crippen molar-refractivity contribution in [3.63, 3.8) is 0 Å². The zero-order chi connectivity index (χ0) is 15.6. The average molecular weight is 311 g/mol. The highest BCUT2D eigenvalue weighted by Crippen LogP contribution is 2.33. The SMILES string of the molecule is CCCCCCC(C)(CCCCCC)N1C=CSC(N)=C1. The van der Waals surface area contributed by atoms with E-state index in [9.17, 15) is 0 Å². The van der Waals surface area contributed by atoms with Crippen LogP contribution in [0.3, 0.4) is 0 Å². The van der Waals surface area contributed by atoms with Gasteiger partial charge in [-0.2, -0.15) is 0 Å². The Morgan fingerprint density at radius 1 is 1.00 bits per heavy atom. The largest absolute Gasteiger partial charge is 0.392 e. The minimum atomic E-state index is 0.226. The van der Waals surface area contributed by atoms with E-state index in [1.54, 1.807) is 11.8 Å². The fraction of sp³-hybridized carbons (Fsp3) is 0.778. The molecule has 0 aromatic carbocycles. The number of thioether (sulfide) groups is 1. The van der Waals surface area contributed by atoms with Gasteiger partial charge in [-0.1, -0.05) is 77.0 Å². The zero-order valence-electron chi connectivity index (χ0n) is 14.2. The molecule has 1 aliphatic rings. The van der Waals surface area contributed by atoms with Crippen LogP contribution in [0.4, 0.5) is 0 Å². The smallest absolute Gasteiger partial charge is 0.0863 e. The lowest BCUT2D eigenvalue weighted by molar-refractivity contribution is 0.183. The molecule has 0 amide bonds. The predicted octanol–water partition coefficient (Wildman–Crippen LogP) is 5.96. The highest BCUT2D eigenvalue weighted by Gasteiger charge is 2.29. The summed E-state index contributed by atoms with van der Waals surface area (Å²) >= 11 is 1.62. The Kier molecular flexibility index (Phi) is 8.98. The van der Waals surface area contributed by atoms with Gasteiger partial charge in [-0.05, 0) is 25.2 Å². The molecule has 0 atom stereocenters. The first-order valence-corrected chi connectivity index (χ1v) is 9.59. The molecule has 0 bridgehead atoms. The van der Waals surface area contributed by atoms with E-state index in [4.69, 9.17) is 5.73 Å². The van der Waals surface area contributed by atoms with Crippen LogP contribution in [0.1, 0.15) is 85.0 Å². The van der Waals surface area contributed by atoms with Gasteiger partial charge in [-0.3, -0.25) is 0 Å². The molecule has 0 radical (unpaired) electrons. The molecule has 0 fully saturated rings. The summed E-state index contributed by atoms with van der Waals surface area (Å²) in [5, 5.41) is 3.02. The Balaban J connectivity index is 2.58. The number of unbranched alkanes of at least 4 members (excludes halogenated alkanes) is 6. The molecule has 0 aromatic heterocycles. The van der Waals surface area contributed by atoms with E-state index >= 15 is 0 Å². The Morgan fingerprint density at radius 2 is 1.57 bits per heavy atom. The van der Waals surface area contributed by atoms with Crippen molar-refractivity contribution >= 4 is 11.8 Å². The monoisotopic (exact) mass is 310 g/mol. The number of rotatable bonds is 11. The topological polar surface area (TPSA) is 29.3 Å². The van der Waals surface area contributed by atoms with Crippen LogP contribution in [0, 0.1) is 0 Å². The Hall–Kier alpha value is -0.570. The average Bonchev–Trinajstić information content (AvgIpc) is 2.48. The first kappa shape index (κ1) is 18.5. The van der Waals surface area contributed by atoms with Crippen molar-refractivity contribution in [2.45, 2.75) is 90.5 Å². The van der Waals surface area contributed by atoms with E-state index < -0.39 is 0 Å². The second kappa shape index (κ2) is 10.2. The lowest BCUT2D eigenvalue weighted by Crippen LogP contribution is -2.41. The maximum Gasteiger partial charge on any atom is 0.0863 e. The summed E-state index contributed by atoms with van der Waals surface area (Å²) < 4.78 is 0. The lowest BCUT2D eigenvalue weighted by Gasteiger charge is -2.40. The summed E-state index contributed by atoms with van der Waals surface area (Å²) in [6.45, 7) is 6.96. The number of nitrogens with zero attached hydrogens (tertiary/aromatic N) is 1. The molecular formula is C18H34N2S. The number of nitrogens with two attached hydrogens (primary N) is 1. The van der Waals surface area contributed by atoms with Crippen LogP contribution < -0.4 is 5.73 Å². The highest BCUT2D eigenvalue weighted by atomic mass is 32.2. The van der Waals surface area contributed by atoms with E-state index in [0.29, 0.717) is 0 Å². The highest BCUT2D eigenvalue weighted by molar-refractivity contribution is 8.05. The molecule has 0 aromatic rings. The molecule has 0 aliphatic carbocycles. The van der Waals surface area contributed by atoms with Crippen LogP contribution in [0.2, 0.25) is 0 Å². The van der Waals surface area contributed by atoms with Gasteiger partial charge in [0.25, 0.3) is 0 Å². The Bertz CT molecular complexity index is 324. The summed E-state index contributed by atoms with van der Waals surface area (Å²) in [5.41, 5.74) is 6.23. The van der Waals surface area contributed by atoms with Crippen LogP contribution in [-0.2, 0) is 0 Å². The van der Waals surface area contributed by atoms with Crippen molar-refractivity contribution in [2.75, 3.05) is 0 Å². The molecule has 0 saturated heterocycles. The van der Waals surface area contributed by atoms with E-state index in [-0.39, 0.29) is 5.54 Å². The molecule has 0 saturated carbocycles. The zero-order valence-corrected chi connectivity index (χ0v) is 15.1. The Morgan fingerprint density at radius 3 is 2.05 bits per heavy atom. The van der Waals surface area contributed by atoms with Crippen molar-refractivity contribution < 1.29 is 0 Å². The van der Waals surface area contributed by atoms with E-state index in [1.165, 1.54) is 64.2 Å². The van der Waals surface area contributed by atoms with Gasteiger partial charge >= 0.3 is 0 Å². The van der Waals surface area contributed by atoms with Crippen molar-refractivity contribution in [1.82, 2.24) is 4.90 Å². The molecule has 0 spiro atoms. The normalized spacial score (nSPS) is 15.4. The van der Waals surface area contributed by atoms with Gasteiger partial charge in [-0.25, -0.2) is 0 Å². The van der Waals surface area contributed by atoms with Crippen LogP contribution in [0.15, 0.2) is 22.8 Å². The molecule has 0 unspecified atom stereocenters. The van der Waals surface area contributed by atoms with Crippen molar-refractivity contribution in [3.8, 4) is 0 Å². The van der Waals surface area contributed by atoms with Crippen LogP contribution in [-0.4, -0.2) is 10.4 Å². The van der Waals surface area contributed by atoms with Crippen LogP contribution in [0.25, 0.3) is 0 Å². The first-order valence-electron chi connectivity index (χ1n) is 8.71. The molecule has 1 rings (SSSR count). The minimum absolute atomic E-state index is 0.226. The molecule has 1 heterocycles. The second-order valence-corrected chi connectivity index (χ2v) is 7.44. The number of hydrogen-bond donors (Lipinski definition) is 1. The summed E-state index contributed by atoms with van der Waals surface area (Å²) in [5.74, 6) is 0. The third-order valence-electron chi connectivity index (χ3n) is 4.45. The van der Waals surface area contributed by atoms with Gasteiger partial charge < -0.3 is 10.6 Å². The molecular weight excluding hydrogens is 276 g/mol. The molecule has 3 heteroatoms. The summed E-state index contributed by atoms with van der Waals surface area (Å²) in [6, 6.07) is 0. The van der Waals surface area contributed by atoms with Gasteiger partial charge in [0.05, 0.1) is 5.03 Å². The maximum atomic E-state index is 6.01. The maximum absolute atomic E-state index is 6.01. The van der Waals surface area contributed by atoms with Crippen LogP contribution >= 0.6 is 11.8 Å². The lowest BCUT2D eigenvalue weighted by atomic mass is 9.86. The van der Waals surface area contributed by atoms with E-state index in [1.807, 2.05) is 0 Å². The summed E-state index contributed by atoms with van der Waals surface area (Å²) in [6.07, 6.45) is 17.5. The molecule has 1 aliphatic heterocycles. The fourth-order valence-corrected chi connectivity index (χ4v) is 3.49. The minimum Gasteiger partial charge on any atom is -0.392 e. The fourth-order valence-electron chi connectivity index (χ4n) is 2.97. The third kappa shape index (κ3) is 6.82. The quantitative estimate of drug-likeness (QED) is 0.477. The molecule has 2 N–H and O–H groups in total. The van der Waals surface area contributed by atoms with Crippen molar-refractivity contribution in [2.24, 2.45) is 5.73 Å². The number of hydrogen-bond acceptors (Lipinski definition) is 3. The second-order valence-electron chi connectivity index (χ2n) is 6.46. The third-order valence-corrected chi connectivity index (χ3v) is 5.09. The molecule has 21 heavy (non-hydrogen) atoms. The van der Waals surface area contributed by atoms with Gasteiger partial charge in [-0.15, -0.1) is 0 Å². The van der Waals surface area contributed by atoms with E-state index in [0.717, 1.165) is 5.03 Å². The van der Waals surface area contributed by atoms with E-state index in [2.05, 4.69) is 43.5 Å². The van der Waals surface area contributed by atoms with Gasteiger partial charge in [0.2, 0.25) is 0 Å². The first-order chi connectivity index (χ1) is 10.1. The molecule has 122 valence electrons. The van der Waals surface area contributed by atoms with Crippen molar-refractivity contribution in [1.29, 1.82) is 0 Å². The Labute approximate surface area is 136 Å².